The van der Waals surface area contributed by atoms with Gasteiger partial charge in [-0.15, -0.1) is 0 Å². The molecule has 0 saturated heterocycles. The van der Waals surface area contributed by atoms with E-state index in [2.05, 4.69) is 36.2 Å². The molecular formula is C23H32N4O2. The monoisotopic (exact) mass is 396 g/mol. The third kappa shape index (κ3) is 4.32. The van der Waals surface area contributed by atoms with E-state index in [1.807, 2.05) is 40.9 Å². The zero-order valence-corrected chi connectivity index (χ0v) is 17.8. The summed E-state index contributed by atoms with van der Waals surface area (Å²) in [5.74, 6) is 0.982. The Hall–Kier alpha value is -2.34. The van der Waals surface area contributed by atoms with E-state index < -0.39 is 0 Å². The molecule has 0 bridgehead atoms. The molecule has 1 aromatic carbocycles. The third-order valence-corrected chi connectivity index (χ3v) is 6.49. The van der Waals surface area contributed by atoms with E-state index in [1.54, 1.807) is 6.20 Å². The van der Waals surface area contributed by atoms with Crippen molar-refractivity contribution >= 4 is 5.91 Å². The van der Waals surface area contributed by atoms with Crippen molar-refractivity contribution in [2.75, 3.05) is 20.6 Å². The van der Waals surface area contributed by atoms with Gasteiger partial charge in [-0.2, -0.15) is 5.10 Å². The lowest BCUT2D eigenvalue weighted by molar-refractivity contribution is -0.139. The number of nitrogens with zero attached hydrogens (tertiary/aromatic N) is 4. The third-order valence-electron chi connectivity index (χ3n) is 6.49. The average Bonchev–Trinajstić information content (AvgIpc) is 3.16. The minimum absolute atomic E-state index is 0.129. The Balaban J connectivity index is 1.56. The van der Waals surface area contributed by atoms with Crippen LogP contribution in [-0.2, 0) is 17.9 Å². The molecule has 1 aliphatic heterocycles. The van der Waals surface area contributed by atoms with Crippen molar-refractivity contribution in [2.45, 2.75) is 57.3 Å². The van der Waals surface area contributed by atoms with Crippen LogP contribution in [0.4, 0.5) is 0 Å². The molecule has 0 N–H and O–H groups in total. The highest BCUT2D eigenvalue weighted by Crippen LogP contribution is 2.39. The molecule has 1 aromatic heterocycles. The fourth-order valence-electron chi connectivity index (χ4n) is 4.75. The lowest BCUT2D eigenvalue weighted by atomic mass is 9.81. The van der Waals surface area contributed by atoms with Crippen LogP contribution in [-0.4, -0.2) is 57.8 Å². The molecule has 0 radical (unpaired) electrons. The van der Waals surface area contributed by atoms with Gasteiger partial charge >= 0.3 is 0 Å². The van der Waals surface area contributed by atoms with Crippen molar-refractivity contribution < 1.29 is 9.53 Å². The molecule has 6 nitrogen and oxygen atoms in total. The van der Waals surface area contributed by atoms with Crippen LogP contribution in [0.1, 0.15) is 38.2 Å². The Bertz CT molecular complexity index is 825. The fourth-order valence-corrected chi connectivity index (χ4v) is 4.75. The van der Waals surface area contributed by atoms with E-state index in [0.717, 1.165) is 37.0 Å². The average molecular weight is 397 g/mol. The number of carbonyl (C=O) groups is 1. The van der Waals surface area contributed by atoms with E-state index in [4.69, 9.17) is 4.74 Å². The standard InChI is InChI=1S/C23H32N4O2/c1-18(15-27-14-6-13-24-27)22(28)26-16-19-7-4-5-8-21(19)29-23(17-26)11-9-20(10-12-23)25(2)3/h4-8,13-14,18,20H,9-12,15-17H2,1-3H3/t18-,20?,23?/m1/s1. The van der Waals surface area contributed by atoms with Crippen molar-refractivity contribution in [3.8, 4) is 5.75 Å². The molecular weight excluding hydrogens is 364 g/mol. The predicted molar refractivity (Wildman–Crippen MR) is 113 cm³/mol. The Morgan fingerprint density at radius 1 is 1.28 bits per heavy atom. The molecule has 2 aromatic rings. The van der Waals surface area contributed by atoms with E-state index in [1.165, 1.54) is 0 Å². The first-order valence-corrected chi connectivity index (χ1v) is 10.7. The predicted octanol–water partition coefficient (Wildman–Crippen LogP) is 3.18. The molecule has 4 rings (SSSR count). The molecule has 1 atom stereocenters. The van der Waals surface area contributed by atoms with Crippen molar-refractivity contribution in [2.24, 2.45) is 5.92 Å². The van der Waals surface area contributed by atoms with E-state index >= 15 is 0 Å². The molecule has 2 heterocycles. The summed E-state index contributed by atoms with van der Waals surface area (Å²) in [4.78, 5) is 17.7. The maximum atomic E-state index is 13.4. The van der Waals surface area contributed by atoms with Gasteiger partial charge in [-0.05, 0) is 51.9 Å². The van der Waals surface area contributed by atoms with Crippen molar-refractivity contribution in [3.05, 3.63) is 48.3 Å². The van der Waals surface area contributed by atoms with Gasteiger partial charge in [-0.3, -0.25) is 9.48 Å². The highest BCUT2D eigenvalue weighted by molar-refractivity contribution is 5.78. The summed E-state index contributed by atoms with van der Waals surface area (Å²) in [5, 5.41) is 4.26. The summed E-state index contributed by atoms with van der Waals surface area (Å²) in [5.41, 5.74) is 0.805. The van der Waals surface area contributed by atoms with Gasteiger partial charge in [0.2, 0.25) is 5.91 Å². The van der Waals surface area contributed by atoms with Gasteiger partial charge in [-0.25, -0.2) is 0 Å². The fraction of sp³-hybridized carbons (Fsp3) is 0.565. The molecule has 6 heteroatoms. The van der Waals surface area contributed by atoms with Gasteiger partial charge in [0.25, 0.3) is 0 Å². The Kier molecular flexibility index (Phi) is 5.63. The maximum absolute atomic E-state index is 13.4. The van der Waals surface area contributed by atoms with E-state index in [0.29, 0.717) is 25.7 Å². The first kappa shape index (κ1) is 20.0. The number of fused-ring (bicyclic) bond motifs is 1. The first-order valence-electron chi connectivity index (χ1n) is 10.7. The van der Waals surface area contributed by atoms with Gasteiger partial charge in [0.15, 0.2) is 0 Å². The Morgan fingerprint density at radius 2 is 2.03 bits per heavy atom. The molecule has 156 valence electrons. The van der Waals surface area contributed by atoms with Gasteiger partial charge < -0.3 is 14.5 Å². The molecule has 1 spiro atoms. The maximum Gasteiger partial charge on any atom is 0.227 e. The summed E-state index contributed by atoms with van der Waals surface area (Å²) in [6.07, 6.45) is 7.81. The summed E-state index contributed by atoms with van der Waals surface area (Å²) in [6, 6.07) is 10.7. The number of para-hydroxylation sites is 1. The van der Waals surface area contributed by atoms with Crippen LogP contribution in [0.3, 0.4) is 0 Å². The number of amides is 1. The molecule has 29 heavy (non-hydrogen) atoms. The number of hydrogen-bond acceptors (Lipinski definition) is 4. The molecule has 1 aliphatic carbocycles. The van der Waals surface area contributed by atoms with Crippen molar-refractivity contribution in [1.29, 1.82) is 0 Å². The normalized spacial score (nSPS) is 25.4. The second-order valence-corrected chi connectivity index (χ2v) is 8.91. The number of ether oxygens (including phenoxy) is 1. The van der Waals surface area contributed by atoms with E-state index in [9.17, 15) is 4.79 Å². The van der Waals surface area contributed by atoms with Crippen LogP contribution in [0.5, 0.6) is 5.75 Å². The van der Waals surface area contributed by atoms with Crippen LogP contribution >= 0.6 is 0 Å². The summed E-state index contributed by atoms with van der Waals surface area (Å²) in [7, 11) is 4.30. The SMILES string of the molecule is C[C@H](Cn1cccn1)C(=O)N1Cc2ccccc2OC2(CCC(N(C)C)CC2)C1. The summed E-state index contributed by atoms with van der Waals surface area (Å²) < 4.78 is 8.49. The van der Waals surface area contributed by atoms with Crippen LogP contribution in [0, 0.1) is 5.92 Å². The Morgan fingerprint density at radius 3 is 2.72 bits per heavy atom. The number of rotatable bonds is 4. The summed E-state index contributed by atoms with van der Waals surface area (Å²) in [6.45, 7) is 3.86. The zero-order valence-electron chi connectivity index (χ0n) is 17.8. The van der Waals surface area contributed by atoms with Gasteiger partial charge in [-0.1, -0.05) is 25.1 Å². The summed E-state index contributed by atoms with van der Waals surface area (Å²) >= 11 is 0. The van der Waals surface area contributed by atoms with Crippen LogP contribution < -0.4 is 4.74 Å². The minimum atomic E-state index is -0.291. The topological polar surface area (TPSA) is 50.6 Å². The minimum Gasteiger partial charge on any atom is -0.485 e. The Labute approximate surface area is 173 Å². The second-order valence-electron chi connectivity index (χ2n) is 8.91. The van der Waals surface area contributed by atoms with Crippen LogP contribution in [0.15, 0.2) is 42.7 Å². The number of benzene rings is 1. The first-order chi connectivity index (χ1) is 14.0. The molecule has 2 aliphatic rings. The smallest absolute Gasteiger partial charge is 0.227 e. The highest BCUT2D eigenvalue weighted by atomic mass is 16.5. The van der Waals surface area contributed by atoms with Gasteiger partial charge in [0, 0.05) is 30.5 Å². The molecule has 1 saturated carbocycles. The number of aromatic nitrogens is 2. The largest absolute Gasteiger partial charge is 0.485 e. The highest BCUT2D eigenvalue weighted by Gasteiger charge is 2.43. The molecule has 1 fully saturated rings. The van der Waals surface area contributed by atoms with Crippen molar-refractivity contribution in [3.63, 3.8) is 0 Å². The quantitative estimate of drug-likeness (QED) is 0.797. The molecule has 0 unspecified atom stereocenters. The zero-order chi connectivity index (χ0) is 20.4. The number of hydrogen-bond donors (Lipinski definition) is 0. The number of carbonyl (C=O) groups excluding carboxylic acids is 1. The van der Waals surface area contributed by atoms with Gasteiger partial charge in [0.05, 0.1) is 19.0 Å². The van der Waals surface area contributed by atoms with Crippen LogP contribution in [0.2, 0.25) is 0 Å². The van der Waals surface area contributed by atoms with Crippen molar-refractivity contribution in [1.82, 2.24) is 19.6 Å². The van der Waals surface area contributed by atoms with Crippen LogP contribution in [0.25, 0.3) is 0 Å². The lowest BCUT2D eigenvalue weighted by Crippen LogP contribution is -2.52. The van der Waals surface area contributed by atoms with Gasteiger partial charge in [0.1, 0.15) is 11.4 Å². The second kappa shape index (κ2) is 8.19. The van der Waals surface area contributed by atoms with E-state index in [-0.39, 0.29) is 17.4 Å². The molecule has 1 amide bonds. The lowest BCUT2D eigenvalue weighted by Gasteiger charge is -2.43.